The normalized spacial score (nSPS) is 27.2. The fourth-order valence-corrected chi connectivity index (χ4v) is 2.66. The summed E-state index contributed by atoms with van der Waals surface area (Å²) in [5.74, 6) is 0.612. The van der Waals surface area contributed by atoms with Gasteiger partial charge in [0.2, 0.25) is 0 Å². The van der Waals surface area contributed by atoms with Crippen molar-refractivity contribution in [1.29, 1.82) is 0 Å². The van der Waals surface area contributed by atoms with Crippen LogP contribution < -0.4 is 0 Å². The van der Waals surface area contributed by atoms with Crippen LogP contribution in [0.25, 0.3) is 0 Å². The van der Waals surface area contributed by atoms with Gasteiger partial charge in [0.15, 0.2) is 0 Å². The lowest BCUT2D eigenvalue weighted by molar-refractivity contribution is -0.00746. The first kappa shape index (κ1) is 14.1. The van der Waals surface area contributed by atoms with Crippen LogP contribution in [0.3, 0.4) is 0 Å². The van der Waals surface area contributed by atoms with Gasteiger partial charge >= 0.3 is 5.97 Å². The molecule has 1 aromatic carbocycles. The van der Waals surface area contributed by atoms with Crippen molar-refractivity contribution in [3.8, 4) is 0 Å². The van der Waals surface area contributed by atoms with E-state index in [0.717, 1.165) is 24.3 Å². The lowest BCUT2D eigenvalue weighted by atomic mass is 9.80. The van der Waals surface area contributed by atoms with Crippen LogP contribution in [0.1, 0.15) is 49.0 Å². The van der Waals surface area contributed by atoms with Crippen LogP contribution in [-0.2, 0) is 11.3 Å². The zero-order chi connectivity index (χ0) is 13.8. The quantitative estimate of drug-likeness (QED) is 0.899. The van der Waals surface area contributed by atoms with Crippen molar-refractivity contribution in [3.63, 3.8) is 0 Å². The fraction of sp³-hybridized carbons (Fsp3) is 0.562. The summed E-state index contributed by atoms with van der Waals surface area (Å²) >= 11 is 0. The molecule has 1 fully saturated rings. The molecule has 3 heteroatoms. The lowest BCUT2D eigenvalue weighted by Gasteiger charge is -2.32. The molecule has 0 aliphatic heterocycles. The number of hydrogen-bond acceptors (Lipinski definition) is 2. The van der Waals surface area contributed by atoms with Crippen LogP contribution in [0.5, 0.6) is 0 Å². The first-order chi connectivity index (χ1) is 9.06. The molecule has 3 unspecified atom stereocenters. The maximum absolute atomic E-state index is 10.9. The highest BCUT2D eigenvalue weighted by molar-refractivity contribution is 5.87. The van der Waals surface area contributed by atoms with Crippen LogP contribution in [0.15, 0.2) is 24.3 Å². The van der Waals surface area contributed by atoms with Crippen LogP contribution in [-0.4, -0.2) is 17.2 Å². The van der Waals surface area contributed by atoms with Gasteiger partial charge in [0.05, 0.1) is 18.3 Å². The average Bonchev–Trinajstić information content (AvgIpc) is 2.40. The predicted octanol–water partition coefficient (Wildman–Crippen LogP) is 3.73. The number of benzene rings is 1. The van der Waals surface area contributed by atoms with Crippen molar-refractivity contribution in [2.45, 2.75) is 45.8 Å². The molecule has 1 aromatic rings. The minimum absolute atomic E-state index is 0.319. The second-order valence-corrected chi connectivity index (χ2v) is 5.71. The predicted molar refractivity (Wildman–Crippen MR) is 74.2 cm³/mol. The number of carboxylic acid groups (broad SMARTS) is 1. The van der Waals surface area contributed by atoms with Crippen molar-refractivity contribution < 1.29 is 14.6 Å². The van der Waals surface area contributed by atoms with E-state index in [4.69, 9.17) is 9.84 Å². The Kier molecular flexibility index (Phi) is 4.59. The number of hydrogen-bond donors (Lipinski definition) is 1. The molecular weight excluding hydrogens is 240 g/mol. The molecule has 0 bridgehead atoms. The third-order valence-corrected chi connectivity index (χ3v) is 4.21. The van der Waals surface area contributed by atoms with E-state index in [9.17, 15) is 4.79 Å². The monoisotopic (exact) mass is 262 g/mol. The summed E-state index contributed by atoms with van der Waals surface area (Å²) in [5, 5.41) is 8.95. The molecular formula is C16H22O3. The Hall–Kier alpha value is -1.35. The Morgan fingerprint density at radius 1 is 1.32 bits per heavy atom. The highest BCUT2D eigenvalue weighted by Crippen LogP contribution is 2.31. The zero-order valence-electron chi connectivity index (χ0n) is 11.6. The minimum atomic E-state index is -0.887. The summed E-state index contributed by atoms with van der Waals surface area (Å²) in [5.41, 5.74) is 1.26. The van der Waals surface area contributed by atoms with E-state index in [1.807, 2.05) is 6.07 Å². The smallest absolute Gasteiger partial charge is 0.335 e. The van der Waals surface area contributed by atoms with E-state index in [0.29, 0.717) is 24.2 Å². The van der Waals surface area contributed by atoms with Gasteiger partial charge in [-0.15, -0.1) is 0 Å². The van der Waals surface area contributed by atoms with Crippen LogP contribution >= 0.6 is 0 Å². The molecule has 3 nitrogen and oxygen atoms in total. The van der Waals surface area contributed by atoms with Gasteiger partial charge in [0.25, 0.3) is 0 Å². The van der Waals surface area contributed by atoms with E-state index < -0.39 is 5.97 Å². The van der Waals surface area contributed by atoms with Gasteiger partial charge in [-0.05, 0) is 48.8 Å². The molecule has 0 saturated heterocycles. The Bertz CT molecular complexity index is 441. The number of rotatable bonds is 4. The lowest BCUT2D eigenvalue weighted by Crippen LogP contribution is -2.26. The number of carbonyl (C=O) groups is 1. The van der Waals surface area contributed by atoms with Gasteiger partial charge in [0, 0.05) is 0 Å². The van der Waals surface area contributed by atoms with Crippen LogP contribution in [0, 0.1) is 11.8 Å². The van der Waals surface area contributed by atoms with Crippen molar-refractivity contribution in [2.75, 3.05) is 0 Å². The van der Waals surface area contributed by atoms with Crippen molar-refractivity contribution >= 4 is 5.97 Å². The Morgan fingerprint density at radius 2 is 2.11 bits per heavy atom. The van der Waals surface area contributed by atoms with Crippen molar-refractivity contribution in [1.82, 2.24) is 0 Å². The van der Waals surface area contributed by atoms with Crippen molar-refractivity contribution in [2.24, 2.45) is 11.8 Å². The van der Waals surface area contributed by atoms with E-state index in [1.54, 1.807) is 18.2 Å². The summed E-state index contributed by atoms with van der Waals surface area (Å²) in [6.07, 6.45) is 3.77. The summed E-state index contributed by atoms with van der Waals surface area (Å²) in [4.78, 5) is 10.9. The molecule has 0 heterocycles. The van der Waals surface area contributed by atoms with E-state index in [-0.39, 0.29) is 0 Å². The average molecular weight is 262 g/mol. The van der Waals surface area contributed by atoms with Crippen LogP contribution in [0.2, 0.25) is 0 Å². The molecule has 0 spiro atoms. The second-order valence-electron chi connectivity index (χ2n) is 5.71. The third kappa shape index (κ3) is 3.80. The molecule has 0 amide bonds. The van der Waals surface area contributed by atoms with Gasteiger partial charge in [-0.3, -0.25) is 0 Å². The molecule has 2 rings (SSSR count). The van der Waals surface area contributed by atoms with Gasteiger partial charge in [0.1, 0.15) is 0 Å². The summed E-state index contributed by atoms with van der Waals surface area (Å²) in [6, 6.07) is 6.99. The highest BCUT2D eigenvalue weighted by Gasteiger charge is 2.24. The standard InChI is InChI=1S/C16H22O3/c1-11-6-7-15(8-12(11)2)19-10-13-4-3-5-14(9-13)16(17)18/h3-5,9,11-12,15H,6-8,10H2,1-2H3,(H,17,18). The minimum Gasteiger partial charge on any atom is -0.478 e. The van der Waals surface area contributed by atoms with E-state index in [1.165, 1.54) is 6.42 Å². The SMILES string of the molecule is CC1CCC(OCc2cccc(C(=O)O)c2)CC1C. The topological polar surface area (TPSA) is 46.5 Å². The molecule has 104 valence electrons. The van der Waals surface area contributed by atoms with Gasteiger partial charge in [-0.2, -0.15) is 0 Å². The highest BCUT2D eigenvalue weighted by atomic mass is 16.5. The van der Waals surface area contributed by atoms with Crippen molar-refractivity contribution in [3.05, 3.63) is 35.4 Å². The third-order valence-electron chi connectivity index (χ3n) is 4.21. The van der Waals surface area contributed by atoms with Gasteiger partial charge < -0.3 is 9.84 Å². The maximum atomic E-state index is 10.9. The summed E-state index contributed by atoms with van der Waals surface area (Å²) in [7, 11) is 0. The fourth-order valence-electron chi connectivity index (χ4n) is 2.66. The molecule has 19 heavy (non-hydrogen) atoms. The molecule has 1 N–H and O–H groups in total. The number of carboxylic acids is 1. The number of ether oxygens (including phenoxy) is 1. The van der Waals surface area contributed by atoms with E-state index >= 15 is 0 Å². The zero-order valence-corrected chi connectivity index (χ0v) is 11.6. The molecule has 0 radical (unpaired) electrons. The maximum Gasteiger partial charge on any atom is 0.335 e. The largest absolute Gasteiger partial charge is 0.478 e. The molecule has 1 saturated carbocycles. The Balaban J connectivity index is 1.88. The van der Waals surface area contributed by atoms with Gasteiger partial charge in [-0.1, -0.05) is 26.0 Å². The van der Waals surface area contributed by atoms with Crippen LogP contribution in [0.4, 0.5) is 0 Å². The van der Waals surface area contributed by atoms with Gasteiger partial charge in [-0.25, -0.2) is 4.79 Å². The first-order valence-electron chi connectivity index (χ1n) is 7.00. The number of aromatic carboxylic acids is 1. The first-order valence-corrected chi connectivity index (χ1v) is 7.00. The van der Waals surface area contributed by atoms with E-state index in [2.05, 4.69) is 13.8 Å². The summed E-state index contributed by atoms with van der Waals surface area (Å²) in [6.45, 7) is 5.09. The summed E-state index contributed by atoms with van der Waals surface area (Å²) < 4.78 is 5.93. The Morgan fingerprint density at radius 3 is 2.79 bits per heavy atom. The molecule has 1 aliphatic rings. The molecule has 0 aromatic heterocycles. The second kappa shape index (κ2) is 6.20. The Labute approximate surface area is 114 Å². The molecule has 3 atom stereocenters. The molecule has 1 aliphatic carbocycles.